The highest BCUT2D eigenvalue weighted by Crippen LogP contribution is 2.40. The Kier molecular flexibility index (Phi) is 3.12. The second-order valence-corrected chi connectivity index (χ2v) is 6.45. The highest BCUT2D eigenvalue weighted by atomic mass is 32.1. The van der Waals surface area contributed by atoms with Crippen LogP contribution in [0.5, 0.6) is 0 Å². The van der Waals surface area contributed by atoms with Crippen LogP contribution < -0.4 is 4.90 Å². The molecule has 6 heteroatoms. The van der Waals surface area contributed by atoms with E-state index in [4.69, 9.17) is 0 Å². The minimum Gasteiger partial charge on any atom is -0.479 e. The van der Waals surface area contributed by atoms with Crippen molar-refractivity contribution in [1.29, 1.82) is 0 Å². The number of carboxylic acids is 1. The van der Waals surface area contributed by atoms with Crippen molar-refractivity contribution < 1.29 is 9.90 Å². The summed E-state index contributed by atoms with van der Waals surface area (Å²) in [7, 11) is 0. The molecule has 1 N–H and O–H groups in total. The van der Waals surface area contributed by atoms with Crippen molar-refractivity contribution in [3.05, 3.63) is 17.3 Å². The molecule has 0 spiro atoms. The molecule has 2 aromatic rings. The first-order valence-electron chi connectivity index (χ1n) is 6.80. The summed E-state index contributed by atoms with van der Waals surface area (Å²) in [6.07, 6.45) is 3.67. The van der Waals surface area contributed by atoms with Crippen molar-refractivity contribution in [2.75, 3.05) is 11.4 Å². The van der Waals surface area contributed by atoms with Gasteiger partial charge < -0.3 is 10.0 Å². The number of rotatable bonds is 3. The van der Waals surface area contributed by atoms with Gasteiger partial charge in [0.1, 0.15) is 22.5 Å². The summed E-state index contributed by atoms with van der Waals surface area (Å²) in [5.74, 6) is 0.0114. The number of thiophene rings is 1. The van der Waals surface area contributed by atoms with Crippen LogP contribution in [0, 0.1) is 6.92 Å². The third kappa shape index (κ3) is 1.78. The topological polar surface area (TPSA) is 66.3 Å². The summed E-state index contributed by atoms with van der Waals surface area (Å²) in [6.45, 7) is 4.70. The number of hydrogen-bond acceptors (Lipinski definition) is 5. The molecule has 106 valence electrons. The first-order valence-corrected chi connectivity index (χ1v) is 7.62. The summed E-state index contributed by atoms with van der Waals surface area (Å²) < 4.78 is 0. The van der Waals surface area contributed by atoms with Crippen LogP contribution in [-0.2, 0) is 4.79 Å². The average Bonchev–Trinajstić information content (AvgIpc) is 3.00. The molecule has 1 saturated heterocycles. The lowest BCUT2D eigenvalue weighted by Crippen LogP contribution is -2.50. The highest BCUT2D eigenvalue weighted by Gasteiger charge is 2.47. The highest BCUT2D eigenvalue weighted by molar-refractivity contribution is 7.18. The molecule has 0 aromatic carbocycles. The number of carboxylic acid groups (broad SMARTS) is 1. The smallest absolute Gasteiger partial charge is 0.329 e. The molecule has 0 amide bonds. The minimum atomic E-state index is -0.822. The van der Waals surface area contributed by atoms with E-state index in [1.807, 2.05) is 18.7 Å². The van der Waals surface area contributed by atoms with Gasteiger partial charge in [-0.2, -0.15) is 0 Å². The lowest BCUT2D eigenvalue weighted by Gasteiger charge is -2.35. The van der Waals surface area contributed by atoms with E-state index in [1.165, 1.54) is 11.2 Å². The van der Waals surface area contributed by atoms with Crippen LogP contribution in [0.1, 0.15) is 31.1 Å². The zero-order valence-corrected chi connectivity index (χ0v) is 12.4. The molecule has 0 bridgehead atoms. The number of aromatic nitrogens is 2. The summed E-state index contributed by atoms with van der Waals surface area (Å²) in [4.78, 5) is 24.5. The van der Waals surface area contributed by atoms with Crippen molar-refractivity contribution in [1.82, 2.24) is 9.97 Å². The lowest BCUT2D eigenvalue weighted by atomic mass is 9.93. The van der Waals surface area contributed by atoms with Crippen LogP contribution in [0.25, 0.3) is 10.2 Å². The van der Waals surface area contributed by atoms with E-state index < -0.39 is 11.5 Å². The first-order chi connectivity index (χ1) is 9.58. The molecule has 0 aliphatic carbocycles. The Morgan fingerprint density at radius 2 is 2.35 bits per heavy atom. The van der Waals surface area contributed by atoms with E-state index in [9.17, 15) is 9.90 Å². The maximum atomic E-state index is 11.8. The van der Waals surface area contributed by atoms with Gasteiger partial charge in [0.2, 0.25) is 0 Å². The average molecular weight is 291 g/mol. The zero-order valence-electron chi connectivity index (χ0n) is 11.6. The standard InChI is InChI=1S/C14H17N3O2S/c1-3-14(13(18)19)5-4-6-17(14)11-10-7-9(2)20-12(10)16-8-15-11/h7-8H,3-6H2,1-2H3,(H,18,19). The van der Waals surface area contributed by atoms with E-state index in [-0.39, 0.29) is 0 Å². The van der Waals surface area contributed by atoms with Crippen LogP contribution in [0.3, 0.4) is 0 Å². The molecule has 1 fully saturated rings. The second-order valence-electron chi connectivity index (χ2n) is 5.22. The Morgan fingerprint density at radius 3 is 3.05 bits per heavy atom. The molecule has 2 aromatic heterocycles. The molecule has 3 heterocycles. The lowest BCUT2D eigenvalue weighted by molar-refractivity contribution is -0.143. The largest absolute Gasteiger partial charge is 0.479 e. The Labute approximate surface area is 121 Å². The number of carbonyl (C=O) groups is 1. The van der Waals surface area contributed by atoms with Crippen molar-refractivity contribution in [3.8, 4) is 0 Å². The van der Waals surface area contributed by atoms with Crippen molar-refractivity contribution in [2.45, 2.75) is 38.6 Å². The predicted octanol–water partition coefficient (Wildman–Crippen LogP) is 2.83. The van der Waals surface area contributed by atoms with Gasteiger partial charge in [-0.25, -0.2) is 14.8 Å². The van der Waals surface area contributed by atoms with Crippen LogP contribution >= 0.6 is 11.3 Å². The van der Waals surface area contributed by atoms with E-state index >= 15 is 0 Å². The fraction of sp³-hybridized carbons (Fsp3) is 0.500. The van der Waals surface area contributed by atoms with Crippen molar-refractivity contribution in [3.63, 3.8) is 0 Å². The maximum absolute atomic E-state index is 11.8. The van der Waals surface area contributed by atoms with Crippen LogP contribution in [0.2, 0.25) is 0 Å². The molecule has 1 aliphatic rings. The van der Waals surface area contributed by atoms with Gasteiger partial charge in [0.15, 0.2) is 0 Å². The third-order valence-corrected chi connectivity index (χ3v) is 5.12. The predicted molar refractivity (Wildman–Crippen MR) is 79.4 cm³/mol. The van der Waals surface area contributed by atoms with Crippen molar-refractivity contribution >= 4 is 33.3 Å². The van der Waals surface area contributed by atoms with Gasteiger partial charge in [-0.3, -0.25) is 0 Å². The molecular weight excluding hydrogens is 274 g/mol. The normalized spacial score (nSPS) is 22.6. The molecule has 0 saturated carbocycles. The van der Waals surface area contributed by atoms with Gasteiger partial charge in [-0.1, -0.05) is 6.92 Å². The number of fused-ring (bicyclic) bond motifs is 1. The minimum absolute atomic E-state index is 0.580. The monoisotopic (exact) mass is 291 g/mol. The fourth-order valence-corrected chi connectivity index (χ4v) is 3.95. The van der Waals surface area contributed by atoms with E-state index in [2.05, 4.69) is 16.0 Å². The Morgan fingerprint density at radius 1 is 1.55 bits per heavy atom. The number of aliphatic carboxylic acids is 1. The van der Waals surface area contributed by atoms with Crippen LogP contribution in [0.15, 0.2) is 12.4 Å². The molecule has 3 rings (SSSR count). The molecule has 0 radical (unpaired) electrons. The Hall–Kier alpha value is -1.69. The zero-order chi connectivity index (χ0) is 14.3. The quantitative estimate of drug-likeness (QED) is 0.942. The van der Waals surface area contributed by atoms with Crippen molar-refractivity contribution in [2.24, 2.45) is 0 Å². The van der Waals surface area contributed by atoms with Gasteiger partial charge in [0, 0.05) is 11.4 Å². The molecule has 5 nitrogen and oxygen atoms in total. The number of anilines is 1. The molecule has 1 aliphatic heterocycles. The van der Waals surface area contributed by atoms with Gasteiger partial charge in [-0.15, -0.1) is 11.3 Å². The van der Waals surface area contributed by atoms with E-state index in [0.717, 1.165) is 29.0 Å². The Bertz CT molecular complexity index is 669. The fourth-order valence-electron chi connectivity index (χ4n) is 3.11. The molecule has 1 atom stereocenters. The number of hydrogen-bond donors (Lipinski definition) is 1. The van der Waals surface area contributed by atoms with Gasteiger partial charge in [0.25, 0.3) is 0 Å². The summed E-state index contributed by atoms with van der Waals surface area (Å²) >= 11 is 1.62. The number of nitrogens with zero attached hydrogens (tertiary/aromatic N) is 3. The maximum Gasteiger partial charge on any atom is 0.329 e. The summed E-state index contributed by atoms with van der Waals surface area (Å²) in [5.41, 5.74) is -0.822. The van der Waals surface area contributed by atoms with Gasteiger partial charge in [0.05, 0.1) is 5.39 Å². The van der Waals surface area contributed by atoms with E-state index in [0.29, 0.717) is 12.8 Å². The van der Waals surface area contributed by atoms with Crippen LogP contribution in [0.4, 0.5) is 5.82 Å². The number of aryl methyl sites for hydroxylation is 1. The second kappa shape index (κ2) is 4.70. The molecule has 1 unspecified atom stereocenters. The summed E-state index contributed by atoms with van der Waals surface area (Å²) in [6, 6.07) is 2.05. The Balaban J connectivity index is 2.17. The third-order valence-electron chi connectivity index (χ3n) is 4.16. The van der Waals surface area contributed by atoms with Crippen LogP contribution in [-0.4, -0.2) is 33.1 Å². The molecular formula is C14H17N3O2S. The molecule has 20 heavy (non-hydrogen) atoms. The van der Waals surface area contributed by atoms with Gasteiger partial charge >= 0.3 is 5.97 Å². The van der Waals surface area contributed by atoms with Gasteiger partial charge in [-0.05, 0) is 32.3 Å². The first kappa shape index (κ1) is 13.3. The summed E-state index contributed by atoms with van der Waals surface area (Å²) in [5, 5.41) is 10.7. The SMILES string of the molecule is CCC1(C(=O)O)CCCN1c1ncnc2sc(C)cc12. The van der Waals surface area contributed by atoms with E-state index in [1.54, 1.807) is 11.3 Å².